The summed E-state index contributed by atoms with van der Waals surface area (Å²) in [5.74, 6) is -0.431. The van der Waals surface area contributed by atoms with Crippen LogP contribution in [0, 0.1) is 0 Å². The number of fused-ring (bicyclic) bond motifs is 1. The Morgan fingerprint density at radius 3 is 2.76 bits per heavy atom. The van der Waals surface area contributed by atoms with E-state index >= 15 is 0 Å². The number of hydrogen-bond donors (Lipinski definition) is 1. The number of nitrogens with zero attached hydrogens (tertiary/aromatic N) is 3. The minimum atomic E-state index is -0.431. The number of carbonyl (C=O) groups is 1. The summed E-state index contributed by atoms with van der Waals surface area (Å²) in [4.78, 5) is 13.9. The van der Waals surface area contributed by atoms with Crippen molar-refractivity contribution in [2.24, 2.45) is 5.73 Å². The Morgan fingerprint density at radius 1 is 1.33 bits per heavy atom. The van der Waals surface area contributed by atoms with Gasteiger partial charge in [-0.1, -0.05) is 30.3 Å². The molecule has 5 heteroatoms. The predicted molar refractivity (Wildman–Crippen MR) is 80.7 cm³/mol. The van der Waals surface area contributed by atoms with Gasteiger partial charge < -0.3 is 5.73 Å². The van der Waals surface area contributed by atoms with Crippen molar-refractivity contribution >= 4 is 5.91 Å². The highest BCUT2D eigenvalue weighted by molar-refractivity contribution is 5.92. The lowest BCUT2D eigenvalue weighted by Gasteiger charge is -2.27. The number of amides is 1. The van der Waals surface area contributed by atoms with Gasteiger partial charge in [0.1, 0.15) is 0 Å². The molecule has 5 nitrogen and oxygen atoms in total. The molecule has 0 bridgehead atoms. The van der Waals surface area contributed by atoms with Gasteiger partial charge in [-0.25, -0.2) is 0 Å². The van der Waals surface area contributed by atoms with Gasteiger partial charge in [0, 0.05) is 43.9 Å². The van der Waals surface area contributed by atoms with Crippen LogP contribution in [0.1, 0.15) is 34.2 Å². The number of aromatic nitrogens is 2. The van der Waals surface area contributed by atoms with Gasteiger partial charge in [-0.05, 0) is 12.5 Å². The largest absolute Gasteiger partial charge is 0.364 e. The van der Waals surface area contributed by atoms with Crippen LogP contribution in [0.15, 0.2) is 30.3 Å². The molecule has 0 aliphatic carbocycles. The second-order valence-corrected chi connectivity index (χ2v) is 5.40. The van der Waals surface area contributed by atoms with Gasteiger partial charge in [0.15, 0.2) is 5.69 Å². The molecule has 110 valence electrons. The number of aryl methyl sites for hydroxylation is 1. The van der Waals surface area contributed by atoms with E-state index in [9.17, 15) is 4.79 Å². The molecule has 0 saturated carbocycles. The van der Waals surface area contributed by atoms with Gasteiger partial charge in [-0.3, -0.25) is 14.4 Å². The van der Waals surface area contributed by atoms with Gasteiger partial charge in [0.2, 0.25) is 0 Å². The number of carbonyl (C=O) groups excluding carboxylic acids is 1. The fourth-order valence-electron chi connectivity index (χ4n) is 2.98. The molecule has 0 atom stereocenters. The van der Waals surface area contributed by atoms with Crippen molar-refractivity contribution in [1.82, 2.24) is 14.7 Å². The van der Waals surface area contributed by atoms with E-state index < -0.39 is 5.91 Å². The fraction of sp³-hybridized carbons (Fsp3) is 0.375. The van der Waals surface area contributed by atoms with Crippen molar-refractivity contribution in [3.8, 4) is 0 Å². The van der Waals surface area contributed by atoms with Crippen molar-refractivity contribution < 1.29 is 4.79 Å². The van der Waals surface area contributed by atoms with Gasteiger partial charge >= 0.3 is 0 Å². The normalized spacial score (nSPS) is 14.9. The zero-order valence-electron chi connectivity index (χ0n) is 12.2. The molecule has 2 heterocycles. The Labute approximate surface area is 124 Å². The number of rotatable bonds is 4. The molecule has 0 spiro atoms. The monoisotopic (exact) mass is 284 g/mol. The molecule has 3 rings (SSSR count). The maximum atomic E-state index is 11.6. The Kier molecular flexibility index (Phi) is 3.75. The lowest BCUT2D eigenvalue weighted by Crippen LogP contribution is -2.31. The maximum absolute atomic E-state index is 11.6. The quantitative estimate of drug-likeness (QED) is 0.926. The van der Waals surface area contributed by atoms with Crippen LogP contribution in [0.4, 0.5) is 0 Å². The van der Waals surface area contributed by atoms with Crippen molar-refractivity contribution in [1.29, 1.82) is 0 Å². The van der Waals surface area contributed by atoms with E-state index in [2.05, 4.69) is 34.3 Å². The molecular weight excluding hydrogens is 264 g/mol. The first-order chi connectivity index (χ1) is 10.2. The van der Waals surface area contributed by atoms with Crippen LogP contribution in [0.5, 0.6) is 0 Å². The van der Waals surface area contributed by atoms with Crippen molar-refractivity contribution in [2.45, 2.75) is 33.0 Å². The van der Waals surface area contributed by atoms with Crippen LogP contribution in [-0.4, -0.2) is 27.1 Å². The highest BCUT2D eigenvalue weighted by Crippen LogP contribution is 2.23. The third-order valence-corrected chi connectivity index (χ3v) is 3.99. The summed E-state index contributed by atoms with van der Waals surface area (Å²) in [7, 11) is 0. The van der Waals surface area contributed by atoms with Crippen LogP contribution in [0.3, 0.4) is 0 Å². The molecule has 21 heavy (non-hydrogen) atoms. The standard InChI is InChI=1S/C16H20N4O/c1-2-20-14-8-9-19(10-12-6-4-3-5-7-12)11-13(14)15(18-20)16(17)21/h3-7H,2,8-11H2,1H3,(H2,17,21). The first-order valence-electron chi connectivity index (χ1n) is 7.33. The first kappa shape index (κ1) is 13.8. The second-order valence-electron chi connectivity index (χ2n) is 5.40. The topological polar surface area (TPSA) is 64.2 Å². The van der Waals surface area contributed by atoms with E-state index in [0.717, 1.165) is 43.9 Å². The Morgan fingerprint density at radius 2 is 2.10 bits per heavy atom. The zero-order chi connectivity index (χ0) is 14.8. The van der Waals surface area contributed by atoms with Crippen LogP contribution in [0.2, 0.25) is 0 Å². The number of hydrogen-bond acceptors (Lipinski definition) is 3. The van der Waals surface area contributed by atoms with Crippen LogP contribution < -0.4 is 5.73 Å². The van der Waals surface area contributed by atoms with E-state index in [1.807, 2.05) is 17.7 Å². The molecule has 0 radical (unpaired) electrons. The van der Waals surface area contributed by atoms with E-state index in [1.54, 1.807) is 0 Å². The Bertz CT molecular complexity index is 648. The third kappa shape index (κ3) is 2.69. The molecule has 1 aromatic heterocycles. The lowest BCUT2D eigenvalue weighted by molar-refractivity contribution is 0.0992. The number of nitrogens with two attached hydrogens (primary N) is 1. The highest BCUT2D eigenvalue weighted by Gasteiger charge is 2.26. The highest BCUT2D eigenvalue weighted by atomic mass is 16.1. The van der Waals surface area contributed by atoms with Gasteiger partial charge in [-0.15, -0.1) is 0 Å². The average molecular weight is 284 g/mol. The Hall–Kier alpha value is -2.14. The minimum Gasteiger partial charge on any atom is -0.364 e. The van der Waals surface area contributed by atoms with E-state index in [4.69, 9.17) is 5.73 Å². The first-order valence-corrected chi connectivity index (χ1v) is 7.33. The zero-order valence-corrected chi connectivity index (χ0v) is 12.2. The third-order valence-electron chi connectivity index (χ3n) is 3.99. The van der Waals surface area contributed by atoms with E-state index in [1.165, 1.54) is 5.56 Å². The van der Waals surface area contributed by atoms with Crippen LogP contribution in [0.25, 0.3) is 0 Å². The molecule has 0 fully saturated rings. The van der Waals surface area contributed by atoms with Crippen molar-refractivity contribution in [2.75, 3.05) is 6.54 Å². The summed E-state index contributed by atoms with van der Waals surface area (Å²) in [6, 6.07) is 10.4. The molecule has 1 aliphatic rings. The van der Waals surface area contributed by atoms with Crippen molar-refractivity contribution in [3.63, 3.8) is 0 Å². The van der Waals surface area contributed by atoms with E-state index in [-0.39, 0.29) is 0 Å². The molecule has 0 unspecified atom stereocenters. The maximum Gasteiger partial charge on any atom is 0.269 e. The predicted octanol–water partition coefficient (Wildman–Crippen LogP) is 1.56. The number of primary amides is 1. The summed E-state index contributed by atoms with van der Waals surface area (Å²) >= 11 is 0. The summed E-state index contributed by atoms with van der Waals surface area (Å²) in [5, 5.41) is 4.37. The molecule has 2 N–H and O–H groups in total. The number of benzene rings is 1. The molecule has 1 amide bonds. The van der Waals surface area contributed by atoms with Crippen LogP contribution in [-0.2, 0) is 26.1 Å². The van der Waals surface area contributed by atoms with Gasteiger partial charge in [-0.2, -0.15) is 5.10 Å². The van der Waals surface area contributed by atoms with Crippen molar-refractivity contribution in [3.05, 3.63) is 52.8 Å². The minimum absolute atomic E-state index is 0.431. The fourth-order valence-corrected chi connectivity index (χ4v) is 2.98. The van der Waals surface area contributed by atoms with E-state index in [0.29, 0.717) is 5.69 Å². The SMILES string of the molecule is CCn1nc(C(N)=O)c2c1CCN(Cc1ccccc1)C2. The summed E-state index contributed by atoms with van der Waals surface area (Å²) in [6.07, 6.45) is 0.913. The van der Waals surface area contributed by atoms with Gasteiger partial charge in [0.25, 0.3) is 5.91 Å². The second kappa shape index (κ2) is 5.69. The lowest BCUT2D eigenvalue weighted by atomic mass is 10.0. The summed E-state index contributed by atoms with van der Waals surface area (Å²) in [5.41, 5.74) is 9.36. The molecule has 2 aromatic rings. The average Bonchev–Trinajstić information content (AvgIpc) is 2.86. The smallest absolute Gasteiger partial charge is 0.269 e. The molecule has 1 aliphatic heterocycles. The van der Waals surface area contributed by atoms with Gasteiger partial charge in [0.05, 0.1) is 0 Å². The summed E-state index contributed by atoms with van der Waals surface area (Å²) < 4.78 is 1.91. The summed E-state index contributed by atoms with van der Waals surface area (Å²) in [6.45, 7) is 5.41. The van der Waals surface area contributed by atoms with Crippen LogP contribution >= 0.6 is 0 Å². The molecule has 0 saturated heterocycles. The molecule has 1 aromatic carbocycles. The molecular formula is C16H20N4O. The Balaban J connectivity index is 1.84.